The Kier molecular flexibility index (Phi) is 5.35. The maximum atomic E-state index is 12.4. The van der Waals surface area contributed by atoms with Crippen LogP contribution < -0.4 is 10.0 Å². The molecular formula is C14H18N2O3S2. The molecule has 1 heterocycles. The van der Waals surface area contributed by atoms with Gasteiger partial charge in [0.1, 0.15) is 4.21 Å². The van der Waals surface area contributed by atoms with Gasteiger partial charge < -0.3 is 10.1 Å². The van der Waals surface area contributed by atoms with E-state index in [1.54, 1.807) is 25.3 Å². The number of sulfonamides is 1. The van der Waals surface area contributed by atoms with Crippen molar-refractivity contribution in [1.29, 1.82) is 0 Å². The average molecular weight is 326 g/mol. The van der Waals surface area contributed by atoms with Crippen LogP contribution in [0.15, 0.2) is 39.9 Å². The van der Waals surface area contributed by atoms with E-state index in [1.165, 1.54) is 11.3 Å². The summed E-state index contributed by atoms with van der Waals surface area (Å²) in [7, 11) is -0.164. The summed E-state index contributed by atoms with van der Waals surface area (Å²) in [6.45, 7) is 1.00. The Bertz CT molecular complexity index is 696. The lowest BCUT2D eigenvalue weighted by atomic mass is 10.2. The van der Waals surface area contributed by atoms with Gasteiger partial charge in [-0.3, -0.25) is 4.72 Å². The molecule has 0 spiro atoms. The van der Waals surface area contributed by atoms with Crippen LogP contribution >= 0.6 is 11.3 Å². The third kappa shape index (κ3) is 4.04. The number of ether oxygens (including phenoxy) is 1. The standard InChI is InChI=1S/C14H18N2O3S2/c1-15-8-11-7-14(20-10-11)21(17,18)16-13-6-4-3-5-12(13)9-19-2/h3-7,10,15-16H,8-9H2,1-2H3. The largest absolute Gasteiger partial charge is 0.380 e. The van der Waals surface area contributed by atoms with Crippen molar-refractivity contribution in [3.63, 3.8) is 0 Å². The molecule has 0 aliphatic heterocycles. The van der Waals surface area contributed by atoms with Crippen molar-refractivity contribution in [3.8, 4) is 0 Å². The van der Waals surface area contributed by atoms with Gasteiger partial charge in [-0.05, 0) is 30.1 Å². The minimum atomic E-state index is -3.57. The van der Waals surface area contributed by atoms with Crippen LogP contribution in [0.3, 0.4) is 0 Å². The van der Waals surface area contributed by atoms with Crippen LogP contribution in [-0.4, -0.2) is 22.6 Å². The zero-order valence-corrected chi connectivity index (χ0v) is 13.6. The fraction of sp³-hybridized carbons (Fsp3) is 0.286. The lowest BCUT2D eigenvalue weighted by Crippen LogP contribution is -2.13. The summed E-state index contributed by atoms with van der Waals surface area (Å²) in [6.07, 6.45) is 0. The molecule has 1 aromatic carbocycles. The number of hydrogen-bond acceptors (Lipinski definition) is 5. The molecule has 0 amide bonds. The number of anilines is 1. The first-order chi connectivity index (χ1) is 10.1. The van der Waals surface area contributed by atoms with Gasteiger partial charge in [-0.2, -0.15) is 0 Å². The van der Waals surface area contributed by atoms with Gasteiger partial charge in [0.05, 0.1) is 12.3 Å². The summed E-state index contributed by atoms with van der Waals surface area (Å²) >= 11 is 1.21. The van der Waals surface area contributed by atoms with Crippen molar-refractivity contribution in [2.45, 2.75) is 17.4 Å². The molecule has 5 nitrogen and oxygen atoms in total. The number of methoxy groups -OCH3 is 1. The van der Waals surface area contributed by atoms with Crippen molar-refractivity contribution >= 4 is 27.0 Å². The minimum Gasteiger partial charge on any atom is -0.380 e. The molecule has 0 saturated heterocycles. The molecule has 2 N–H and O–H groups in total. The molecule has 0 aliphatic rings. The van der Waals surface area contributed by atoms with Crippen molar-refractivity contribution in [2.24, 2.45) is 0 Å². The zero-order chi connectivity index (χ0) is 15.3. The maximum absolute atomic E-state index is 12.4. The summed E-state index contributed by atoms with van der Waals surface area (Å²) in [5, 5.41) is 4.84. The van der Waals surface area contributed by atoms with E-state index in [9.17, 15) is 8.42 Å². The number of thiophene rings is 1. The van der Waals surface area contributed by atoms with E-state index < -0.39 is 10.0 Å². The second kappa shape index (κ2) is 7.04. The van der Waals surface area contributed by atoms with Gasteiger partial charge in [0, 0.05) is 19.2 Å². The van der Waals surface area contributed by atoms with E-state index in [4.69, 9.17) is 4.74 Å². The zero-order valence-electron chi connectivity index (χ0n) is 11.9. The molecule has 0 bridgehead atoms. The second-order valence-electron chi connectivity index (χ2n) is 4.50. The van der Waals surface area contributed by atoms with Gasteiger partial charge in [0.25, 0.3) is 10.0 Å². The van der Waals surface area contributed by atoms with Crippen molar-refractivity contribution in [2.75, 3.05) is 18.9 Å². The number of nitrogens with one attached hydrogen (secondary N) is 2. The molecule has 2 rings (SSSR count). The van der Waals surface area contributed by atoms with Crippen molar-refractivity contribution in [3.05, 3.63) is 46.8 Å². The molecule has 0 radical (unpaired) electrons. The predicted octanol–water partition coefficient (Wildman–Crippen LogP) is 2.41. The highest BCUT2D eigenvalue weighted by atomic mass is 32.2. The van der Waals surface area contributed by atoms with Crippen LogP contribution in [0.5, 0.6) is 0 Å². The number of hydrogen-bond donors (Lipinski definition) is 2. The van der Waals surface area contributed by atoms with E-state index in [0.717, 1.165) is 11.1 Å². The Hall–Kier alpha value is -1.41. The van der Waals surface area contributed by atoms with Gasteiger partial charge in [-0.1, -0.05) is 18.2 Å². The quantitative estimate of drug-likeness (QED) is 0.820. The van der Waals surface area contributed by atoms with Crippen LogP contribution in [0.25, 0.3) is 0 Å². The first kappa shape index (κ1) is 16.0. The van der Waals surface area contributed by atoms with Crippen LogP contribution in [0.4, 0.5) is 5.69 Å². The fourth-order valence-electron chi connectivity index (χ4n) is 1.89. The molecule has 2 aromatic rings. The first-order valence-corrected chi connectivity index (χ1v) is 8.75. The monoisotopic (exact) mass is 326 g/mol. The lowest BCUT2D eigenvalue weighted by molar-refractivity contribution is 0.185. The molecule has 1 aromatic heterocycles. The van der Waals surface area contributed by atoms with Gasteiger partial charge in [0.2, 0.25) is 0 Å². The topological polar surface area (TPSA) is 67.4 Å². The van der Waals surface area contributed by atoms with Crippen LogP contribution in [0.2, 0.25) is 0 Å². The highest BCUT2D eigenvalue weighted by Gasteiger charge is 2.18. The van der Waals surface area contributed by atoms with E-state index in [-0.39, 0.29) is 0 Å². The Morgan fingerprint density at radius 2 is 2.05 bits per heavy atom. The van der Waals surface area contributed by atoms with Crippen molar-refractivity contribution in [1.82, 2.24) is 5.32 Å². The van der Waals surface area contributed by atoms with Gasteiger partial charge in [0.15, 0.2) is 0 Å². The van der Waals surface area contributed by atoms with E-state index in [2.05, 4.69) is 10.0 Å². The number of para-hydroxylation sites is 1. The lowest BCUT2D eigenvalue weighted by Gasteiger charge is -2.11. The van der Waals surface area contributed by atoms with Gasteiger partial charge in [-0.15, -0.1) is 11.3 Å². The third-order valence-corrected chi connectivity index (χ3v) is 5.69. The third-order valence-electron chi connectivity index (χ3n) is 2.84. The van der Waals surface area contributed by atoms with E-state index >= 15 is 0 Å². The van der Waals surface area contributed by atoms with Crippen LogP contribution in [0, 0.1) is 0 Å². The van der Waals surface area contributed by atoms with E-state index in [0.29, 0.717) is 23.0 Å². The SMILES string of the molecule is CNCc1csc(S(=O)(=O)Nc2ccccc2COC)c1. The highest BCUT2D eigenvalue weighted by molar-refractivity contribution is 7.94. The average Bonchev–Trinajstić information content (AvgIpc) is 2.91. The van der Waals surface area contributed by atoms with Gasteiger partial charge >= 0.3 is 0 Å². The Labute approximate surface area is 129 Å². The summed E-state index contributed by atoms with van der Waals surface area (Å²) in [4.78, 5) is 0. The summed E-state index contributed by atoms with van der Waals surface area (Å²) in [5.41, 5.74) is 2.30. The van der Waals surface area contributed by atoms with Crippen LogP contribution in [-0.2, 0) is 27.9 Å². The van der Waals surface area contributed by atoms with Crippen LogP contribution in [0.1, 0.15) is 11.1 Å². The molecule has 0 aliphatic carbocycles. The van der Waals surface area contributed by atoms with Crippen molar-refractivity contribution < 1.29 is 13.2 Å². The van der Waals surface area contributed by atoms with E-state index in [1.807, 2.05) is 24.6 Å². The molecule has 114 valence electrons. The Morgan fingerprint density at radius 3 is 2.76 bits per heavy atom. The molecule has 0 saturated carbocycles. The normalized spacial score (nSPS) is 11.5. The summed E-state index contributed by atoms with van der Waals surface area (Å²) in [6, 6.07) is 8.89. The Morgan fingerprint density at radius 1 is 1.29 bits per heavy atom. The van der Waals surface area contributed by atoms with Gasteiger partial charge in [-0.25, -0.2) is 8.42 Å². The summed E-state index contributed by atoms with van der Waals surface area (Å²) in [5.74, 6) is 0. The fourth-order valence-corrected chi connectivity index (χ4v) is 4.20. The second-order valence-corrected chi connectivity index (χ2v) is 7.32. The number of benzene rings is 1. The smallest absolute Gasteiger partial charge is 0.271 e. The highest BCUT2D eigenvalue weighted by Crippen LogP contribution is 2.25. The molecular weight excluding hydrogens is 308 g/mol. The Balaban J connectivity index is 2.24. The molecule has 7 heteroatoms. The predicted molar refractivity (Wildman–Crippen MR) is 85.0 cm³/mol. The number of rotatable bonds is 7. The molecule has 21 heavy (non-hydrogen) atoms. The molecule has 0 fully saturated rings. The molecule has 0 unspecified atom stereocenters. The summed E-state index contributed by atoms with van der Waals surface area (Å²) < 4.78 is 32.8. The molecule has 0 atom stereocenters. The maximum Gasteiger partial charge on any atom is 0.271 e. The minimum absolute atomic E-state index is 0.306. The first-order valence-electron chi connectivity index (χ1n) is 6.38.